The van der Waals surface area contributed by atoms with Gasteiger partial charge in [-0.1, -0.05) is 12.1 Å². The van der Waals surface area contributed by atoms with E-state index in [1.54, 1.807) is 10.8 Å². The maximum Gasteiger partial charge on any atom is 0.337 e. The maximum atomic E-state index is 13.6. The average molecular weight is 569 g/mol. The van der Waals surface area contributed by atoms with Gasteiger partial charge in [0.25, 0.3) is 5.56 Å². The Morgan fingerprint density at radius 2 is 1.81 bits per heavy atom. The van der Waals surface area contributed by atoms with E-state index in [0.717, 1.165) is 67.8 Å². The molecule has 1 aromatic heterocycles. The zero-order chi connectivity index (χ0) is 26.1. The summed E-state index contributed by atoms with van der Waals surface area (Å²) >= 11 is 3.29. The van der Waals surface area contributed by atoms with Crippen LogP contribution in [0.5, 0.6) is 5.75 Å². The molecule has 6 nitrogen and oxygen atoms in total. The minimum atomic E-state index is -1.12. The smallest absolute Gasteiger partial charge is 0.337 e. The Morgan fingerprint density at radius 1 is 1.11 bits per heavy atom. The van der Waals surface area contributed by atoms with Gasteiger partial charge in [-0.15, -0.1) is 0 Å². The van der Waals surface area contributed by atoms with Crippen molar-refractivity contribution >= 4 is 21.9 Å². The SMILES string of the molecule is CCOc1cc(-c2ccc(F)cc2)c(C2CC2)cc1CN1CCC(n2cc(Br)c(C(=O)O)cc2=O)CC1. The van der Waals surface area contributed by atoms with Crippen LogP contribution in [0.1, 0.15) is 66.1 Å². The number of carboxylic acid groups (broad SMARTS) is 1. The lowest BCUT2D eigenvalue weighted by Crippen LogP contribution is -2.37. The summed E-state index contributed by atoms with van der Waals surface area (Å²) in [4.78, 5) is 26.3. The summed E-state index contributed by atoms with van der Waals surface area (Å²) in [5.41, 5.74) is 4.26. The molecule has 0 amide bonds. The molecule has 8 heteroatoms. The lowest BCUT2D eigenvalue weighted by Gasteiger charge is -2.33. The summed E-state index contributed by atoms with van der Waals surface area (Å²) in [7, 11) is 0. The van der Waals surface area contributed by atoms with Crippen LogP contribution in [-0.2, 0) is 6.54 Å². The van der Waals surface area contributed by atoms with Crippen LogP contribution in [0.4, 0.5) is 4.39 Å². The van der Waals surface area contributed by atoms with Gasteiger partial charge in [0, 0.05) is 48.0 Å². The molecule has 2 fully saturated rings. The van der Waals surface area contributed by atoms with Crippen molar-refractivity contribution < 1.29 is 19.0 Å². The molecule has 5 rings (SSSR count). The number of aromatic carboxylic acids is 1. The third-order valence-electron chi connectivity index (χ3n) is 7.31. The summed E-state index contributed by atoms with van der Waals surface area (Å²) in [5.74, 6) is 0.0263. The Bertz CT molecular complexity index is 1360. The largest absolute Gasteiger partial charge is 0.494 e. The van der Waals surface area contributed by atoms with Crippen LogP contribution < -0.4 is 10.3 Å². The molecule has 194 valence electrons. The highest BCUT2D eigenvalue weighted by Crippen LogP contribution is 2.46. The number of carbonyl (C=O) groups is 1. The Kier molecular flexibility index (Phi) is 7.49. The Hall–Kier alpha value is -2.97. The number of hydrogen-bond donors (Lipinski definition) is 1. The Labute approximate surface area is 223 Å². The molecule has 0 unspecified atom stereocenters. The fourth-order valence-electron chi connectivity index (χ4n) is 5.24. The van der Waals surface area contributed by atoms with Crippen molar-refractivity contribution in [1.82, 2.24) is 9.47 Å². The Balaban J connectivity index is 1.35. The molecule has 2 aromatic carbocycles. The van der Waals surface area contributed by atoms with Crippen molar-refractivity contribution in [3.63, 3.8) is 0 Å². The van der Waals surface area contributed by atoms with Crippen molar-refractivity contribution in [3.05, 3.63) is 86.0 Å². The maximum absolute atomic E-state index is 13.6. The van der Waals surface area contributed by atoms with Crippen LogP contribution in [0.2, 0.25) is 0 Å². The number of likely N-dealkylation sites (tertiary alicyclic amines) is 1. The highest BCUT2D eigenvalue weighted by atomic mass is 79.9. The first kappa shape index (κ1) is 25.7. The van der Waals surface area contributed by atoms with Crippen LogP contribution in [-0.4, -0.2) is 40.2 Å². The van der Waals surface area contributed by atoms with Crippen LogP contribution in [0.3, 0.4) is 0 Å². The van der Waals surface area contributed by atoms with Gasteiger partial charge in [0.2, 0.25) is 0 Å². The van der Waals surface area contributed by atoms with Gasteiger partial charge >= 0.3 is 5.97 Å². The van der Waals surface area contributed by atoms with Gasteiger partial charge in [0.05, 0.1) is 12.2 Å². The second kappa shape index (κ2) is 10.8. The first-order valence-corrected chi connectivity index (χ1v) is 13.6. The second-order valence-corrected chi connectivity index (χ2v) is 10.7. The van der Waals surface area contributed by atoms with Crippen LogP contribution in [0.25, 0.3) is 11.1 Å². The van der Waals surface area contributed by atoms with Gasteiger partial charge in [-0.3, -0.25) is 9.69 Å². The monoisotopic (exact) mass is 568 g/mol. The van der Waals surface area contributed by atoms with E-state index in [4.69, 9.17) is 4.74 Å². The summed E-state index contributed by atoms with van der Waals surface area (Å²) in [5, 5.41) is 9.27. The van der Waals surface area contributed by atoms with Crippen LogP contribution >= 0.6 is 15.9 Å². The molecule has 1 aliphatic carbocycles. The van der Waals surface area contributed by atoms with Gasteiger partial charge in [-0.2, -0.15) is 0 Å². The molecule has 0 spiro atoms. The van der Waals surface area contributed by atoms with E-state index in [0.29, 0.717) is 17.0 Å². The predicted molar refractivity (Wildman–Crippen MR) is 144 cm³/mol. The van der Waals surface area contributed by atoms with Gasteiger partial charge in [-0.25, -0.2) is 9.18 Å². The molecule has 2 aliphatic rings. The van der Waals surface area contributed by atoms with E-state index in [1.807, 2.05) is 19.1 Å². The number of benzene rings is 2. The number of carboxylic acids is 1. The average Bonchev–Trinajstić information content (AvgIpc) is 3.72. The third kappa shape index (κ3) is 5.65. The van der Waals surface area contributed by atoms with E-state index in [-0.39, 0.29) is 23.0 Å². The fourth-order valence-corrected chi connectivity index (χ4v) is 5.74. The molecular weight excluding hydrogens is 539 g/mol. The standard InChI is InChI=1S/C29H30BrFN2O4/c1-2-37-27-14-24(19-5-7-21(31)8-6-19)23(18-3-4-18)13-20(27)16-32-11-9-22(10-12-32)33-17-26(30)25(29(35)36)15-28(33)34/h5-8,13-15,17-18,22H,2-4,9-12,16H2,1H3,(H,35,36). The number of aromatic nitrogens is 1. The lowest BCUT2D eigenvalue weighted by atomic mass is 9.93. The molecule has 2 heterocycles. The zero-order valence-corrected chi connectivity index (χ0v) is 22.3. The number of pyridine rings is 1. The number of hydrogen-bond acceptors (Lipinski definition) is 4. The van der Waals surface area contributed by atoms with Gasteiger partial charge < -0.3 is 14.4 Å². The van der Waals surface area contributed by atoms with Gasteiger partial charge in [0.1, 0.15) is 11.6 Å². The fraction of sp³-hybridized carbons (Fsp3) is 0.379. The molecule has 1 saturated heterocycles. The normalized spacial score (nSPS) is 16.6. The predicted octanol–water partition coefficient (Wildman–Crippen LogP) is 6.23. The number of piperidine rings is 1. The molecule has 0 radical (unpaired) electrons. The highest BCUT2D eigenvalue weighted by Gasteiger charge is 2.29. The quantitative estimate of drug-likeness (QED) is 0.349. The topological polar surface area (TPSA) is 71.8 Å². The summed E-state index contributed by atoms with van der Waals surface area (Å²) < 4.78 is 21.7. The second-order valence-electron chi connectivity index (χ2n) is 9.85. The first-order chi connectivity index (χ1) is 17.8. The van der Waals surface area contributed by atoms with E-state index in [1.165, 1.54) is 23.8 Å². The lowest BCUT2D eigenvalue weighted by molar-refractivity contribution is 0.0695. The molecule has 3 aromatic rings. The zero-order valence-electron chi connectivity index (χ0n) is 20.8. The number of ether oxygens (including phenoxy) is 1. The molecule has 37 heavy (non-hydrogen) atoms. The van der Waals surface area contributed by atoms with E-state index >= 15 is 0 Å². The number of halogens is 2. The first-order valence-electron chi connectivity index (χ1n) is 12.8. The molecule has 1 aliphatic heterocycles. The van der Waals surface area contributed by atoms with Crippen LogP contribution in [0, 0.1) is 5.82 Å². The number of rotatable bonds is 8. The molecule has 0 bridgehead atoms. The van der Waals surface area contributed by atoms with E-state index in [2.05, 4.69) is 33.0 Å². The third-order valence-corrected chi connectivity index (χ3v) is 7.94. The minimum Gasteiger partial charge on any atom is -0.494 e. The number of nitrogens with zero attached hydrogens (tertiary/aromatic N) is 2. The summed E-state index contributed by atoms with van der Waals surface area (Å²) in [6.07, 6.45) is 5.53. The molecule has 0 atom stereocenters. The molecular formula is C29H30BrFN2O4. The van der Waals surface area contributed by atoms with Crippen molar-refractivity contribution in [2.45, 2.75) is 51.1 Å². The minimum absolute atomic E-state index is 0.0160. The van der Waals surface area contributed by atoms with Crippen molar-refractivity contribution in [2.75, 3.05) is 19.7 Å². The van der Waals surface area contributed by atoms with Crippen molar-refractivity contribution in [3.8, 4) is 16.9 Å². The van der Waals surface area contributed by atoms with Crippen LogP contribution in [0.15, 0.2) is 57.9 Å². The molecule has 1 N–H and O–H groups in total. The molecule has 1 saturated carbocycles. The summed E-state index contributed by atoms with van der Waals surface area (Å²) in [6, 6.07) is 12.3. The Morgan fingerprint density at radius 3 is 2.43 bits per heavy atom. The van der Waals surface area contributed by atoms with Gasteiger partial charge in [0.15, 0.2) is 0 Å². The highest BCUT2D eigenvalue weighted by molar-refractivity contribution is 9.10. The summed E-state index contributed by atoms with van der Waals surface area (Å²) in [6.45, 7) is 4.93. The van der Waals surface area contributed by atoms with E-state index < -0.39 is 5.97 Å². The van der Waals surface area contributed by atoms with Gasteiger partial charge in [-0.05, 0) is 95.4 Å². The van der Waals surface area contributed by atoms with E-state index in [9.17, 15) is 19.1 Å². The van der Waals surface area contributed by atoms with Crippen molar-refractivity contribution in [1.29, 1.82) is 0 Å². The van der Waals surface area contributed by atoms with Crippen molar-refractivity contribution in [2.24, 2.45) is 0 Å².